The van der Waals surface area contributed by atoms with E-state index >= 15 is 0 Å². The Morgan fingerprint density at radius 3 is 2.11 bits per heavy atom. The van der Waals surface area contributed by atoms with Gasteiger partial charge in [-0.1, -0.05) is 60.1 Å². The number of carbonyl (C=O) groups excluding carboxylic acids is 2. The van der Waals surface area contributed by atoms with E-state index in [1.165, 1.54) is 4.90 Å². The lowest BCUT2D eigenvalue weighted by molar-refractivity contribution is 0.0595. The van der Waals surface area contributed by atoms with Crippen LogP contribution in [0.1, 0.15) is 50.4 Å². The van der Waals surface area contributed by atoms with Gasteiger partial charge in [-0.05, 0) is 31.2 Å². The number of hydrogen-bond donors (Lipinski definition) is 0. The van der Waals surface area contributed by atoms with E-state index in [0.717, 1.165) is 22.5 Å². The van der Waals surface area contributed by atoms with Crippen LogP contribution < -0.4 is 0 Å². The molecular weight excluding hydrogens is 462 g/mol. The third-order valence-electron chi connectivity index (χ3n) is 6.45. The van der Waals surface area contributed by atoms with Crippen LogP contribution >= 0.6 is 11.6 Å². The van der Waals surface area contributed by atoms with Gasteiger partial charge in [-0.15, -0.1) is 10.2 Å². The van der Waals surface area contributed by atoms with Gasteiger partial charge in [-0.2, -0.15) is 0 Å². The van der Waals surface area contributed by atoms with E-state index in [0.29, 0.717) is 40.8 Å². The molecule has 0 radical (unpaired) electrons. The molecule has 0 unspecified atom stereocenters. The summed E-state index contributed by atoms with van der Waals surface area (Å²) in [6, 6.07) is 22.1. The lowest BCUT2D eigenvalue weighted by Gasteiger charge is -2.22. The average Bonchev–Trinajstić information content (AvgIpc) is 3.32. The minimum atomic E-state index is -0.407. The number of amides is 2. The molecule has 0 aliphatic carbocycles. The van der Waals surface area contributed by atoms with Crippen LogP contribution in [0.4, 0.5) is 0 Å². The van der Waals surface area contributed by atoms with Gasteiger partial charge < -0.3 is 0 Å². The molecule has 172 valence electrons. The Bertz CT molecular complexity index is 1510. The molecule has 0 saturated heterocycles. The van der Waals surface area contributed by atoms with Crippen molar-refractivity contribution < 1.29 is 9.59 Å². The Hall–Kier alpha value is -4.10. The first-order chi connectivity index (χ1) is 17.0. The summed E-state index contributed by atoms with van der Waals surface area (Å²) in [7, 11) is 0. The maximum Gasteiger partial charge on any atom is 0.261 e. The van der Waals surface area contributed by atoms with Gasteiger partial charge in [-0.25, -0.2) is 0 Å². The number of aromatic nitrogens is 3. The molecule has 0 spiro atoms. The molecule has 1 aromatic heterocycles. The number of rotatable bonds is 4. The molecule has 2 aliphatic rings. The van der Waals surface area contributed by atoms with Crippen LogP contribution in [0.25, 0.3) is 5.69 Å². The van der Waals surface area contributed by atoms with Gasteiger partial charge >= 0.3 is 0 Å². The molecule has 6 rings (SSSR count). The largest absolute Gasteiger partial charge is 0.281 e. The van der Waals surface area contributed by atoms with Crippen molar-refractivity contribution in [3.05, 3.63) is 112 Å². The van der Waals surface area contributed by atoms with E-state index in [9.17, 15) is 9.59 Å². The van der Waals surface area contributed by atoms with E-state index in [2.05, 4.69) is 10.2 Å². The Labute approximate surface area is 206 Å². The number of para-hydroxylation sites is 1. The molecule has 2 amide bonds. The quantitative estimate of drug-likeness (QED) is 0.402. The van der Waals surface area contributed by atoms with E-state index in [1.807, 2.05) is 60.0 Å². The van der Waals surface area contributed by atoms with Crippen LogP contribution in [0.5, 0.6) is 0 Å². The molecule has 0 N–H and O–H groups in total. The van der Waals surface area contributed by atoms with Crippen molar-refractivity contribution in [1.82, 2.24) is 19.7 Å². The second-order valence-electron chi connectivity index (χ2n) is 8.61. The first kappa shape index (κ1) is 21.4. The molecular formula is C27H20ClN5O2. The van der Waals surface area contributed by atoms with Crippen LogP contribution in [0.3, 0.4) is 0 Å². The summed E-state index contributed by atoms with van der Waals surface area (Å²) < 4.78 is 1.98. The fourth-order valence-electron chi connectivity index (χ4n) is 4.82. The van der Waals surface area contributed by atoms with Crippen molar-refractivity contribution in [2.45, 2.75) is 25.9 Å². The molecule has 0 saturated carbocycles. The van der Waals surface area contributed by atoms with Crippen LogP contribution in [-0.2, 0) is 13.0 Å². The smallest absolute Gasteiger partial charge is 0.261 e. The molecule has 1 atom stereocenters. The lowest BCUT2D eigenvalue weighted by atomic mass is 10.0. The highest BCUT2D eigenvalue weighted by Gasteiger charge is 2.39. The molecule has 2 aliphatic heterocycles. The highest BCUT2D eigenvalue weighted by molar-refractivity contribution is 6.35. The zero-order valence-electron chi connectivity index (χ0n) is 18.9. The minimum Gasteiger partial charge on any atom is -0.281 e. The molecule has 35 heavy (non-hydrogen) atoms. The average molecular weight is 482 g/mol. The summed E-state index contributed by atoms with van der Waals surface area (Å²) in [5, 5.41) is 9.46. The normalized spacial score (nSPS) is 15.3. The summed E-state index contributed by atoms with van der Waals surface area (Å²) in [6.45, 7) is 2.18. The van der Waals surface area contributed by atoms with Gasteiger partial charge in [0.05, 0.1) is 22.5 Å². The fourth-order valence-corrected chi connectivity index (χ4v) is 5.04. The maximum atomic E-state index is 13.0. The van der Waals surface area contributed by atoms with Gasteiger partial charge in [0.1, 0.15) is 12.4 Å². The Balaban J connectivity index is 1.38. The maximum absolute atomic E-state index is 13.0. The number of benzene rings is 3. The van der Waals surface area contributed by atoms with Crippen molar-refractivity contribution in [2.24, 2.45) is 4.99 Å². The highest BCUT2D eigenvalue weighted by atomic mass is 35.5. The first-order valence-corrected chi connectivity index (χ1v) is 11.7. The highest BCUT2D eigenvalue weighted by Crippen LogP contribution is 2.30. The zero-order valence-corrected chi connectivity index (χ0v) is 19.6. The predicted molar refractivity (Wildman–Crippen MR) is 132 cm³/mol. The van der Waals surface area contributed by atoms with Crippen molar-refractivity contribution in [3.8, 4) is 5.69 Å². The van der Waals surface area contributed by atoms with Gasteiger partial charge in [0.25, 0.3) is 11.8 Å². The predicted octanol–water partition coefficient (Wildman–Crippen LogP) is 4.50. The van der Waals surface area contributed by atoms with E-state index in [-0.39, 0.29) is 11.8 Å². The number of fused-ring (bicyclic) bond motifs is 4. The summed E-state index contributed by atoms with van der Waals surface area (Å²) in [5.74, 6) is 0.785. The van der Waals surface area contributed by atoms with Crippen molar-refractivity contribution in [1.29, 1.82) is 0 Å². The molecule has 3 heterocycles. The lowest BCUT2D eigenvalue weighted by Crippen LogP contribution is -2.39. The minimum absolute atomic E-state index is 0.279. The Morgan fingerprint density at radius 2 is 1.43 bits per heavy atom. The third kappa shape index (κ3) is 3.39. The molecule has 0 fully saturated rings. The fraction of sp³-hybridized carbons (Fsp3) is 0.148. The van der Waals surface area contributed by atoms with Gasteiger partial charge in [-0.3, -0.25) is 24.0 Å². The molecule has 3 aromatic carbocycles. The van der Waals surface area contributed by atoms with Gasteiger partial charge in [0.2, 0.25) is 0 Å². The number of halogens is 1. The zero-order chi connectivity index (χ0) is 24.1. The number of aliphatic imine (C=N–C) groups is 1. The van der Waals surface area contributed by atoms with E-state index < -0.39 is 6.04 Å². The van der Waals surface area contributed by atoms with Crippen molar-refractivity contribution >= 4 is 29.1 Å². The monoisotopic (exact) mass is 481 g/mol. The number of hydrogen-bond acceptors (Lipinski definition) is 5. The summed E-state index contributed by atoms with van der Waals surface area (Å²) in [5.41, 5.74) is 4.31. The van der Waals surface area contributed by atoms with Gasteiger partial charge in [0.15, 0.2) is 5.82 Å². The van der Waals surface area contributed by atoms with Crippen LogP contribution in [0.2, 0.25) is 5.02 Å². The molecule has 7 nitrogen and oxygen atoms in total. The molecule has 8 heteroatoms. The summed E-state index contributed by atoms with van der Waals surface area (Å²) in [6.07, 6.45) is 0.355. The first-order valence-electron chi connectivity index (χ1n) is 11.3. The second kappa shape index (κ2) is 8.29. The van der Waals surface area contributed by atoms with E-state index in [4.69, 9.17) is 16.6 Å². The van der Waals surface area contributed by atoms with Crippen LogP contribution in [-0.4, -0.2) is 43.2 Å². The number of imide groups is 1. The standard InChI is InChI=1S/C27H20ClN5O2/c1-16(32-26(34)17-8-2-3-9-18(17)27(32)35)14-23-30-31-24-15-29-25(19-10-4-6-12-21(19)28)20-11-5-7-13-22(20)33(23)24/h2-13,16H,14-15H2,1H3/t16-/m1/s1. The van der Waals surface area contributed by atoms with Crippen LogP contribution in [0.15, 0.2) is 77.8 Å². The summed E-state index contributed by atoms with van der Waals surface area (Å²) >= 11 is 6.52. The van der Waals surface area contributed by atoms with Crippen molar-refractivity contribution in [3.63, 3.8) is 0 Å². The van der Waals surface area contributed by atoms with Crippen molar-refractivity contribution in [2.75, 3.05) is 0 Å². The van der Waals surface area contributed by atoms with E-state index in [1.54, 1.807) is 24.3 Å². The van der Waals surface area contributed by atoms with Crippen LogP contribution in [0, 0.1) is 0 Å². The van der Waals surface area contributed by atoms with Gasteiger partial charge in [0, 0.05) is 28.6 Å². The SMILES string of the molecule is C[C@H](Cc1nnc2n1-c1ccccc1C(c1ccccc1Cl)=NC2)N1C(=O)c2ccccc2C1=O. The topological polar surface area (TPSA) is 80.5 Å². The Kier molecular flexibility index (Phi) is 5.07. The summed E-state index contributed by atoms with van der Waals surface area (Å²) in [4.78, 5) is 32.1. The number of carbonyl (C=O) groups is 2. The number of nitrogens with zero attached hydrogens (tertiary/aromatic N) is 5. The second-order valence-corrected chi connectivity index (χ2v) is 9.02. The third-order valence-corrected chi connectivity index (χ3v) is 6.78. The molecule has 4 aromatic rings. The Morgan fingerprint density at radius 1 is 0.829 bits per heavy atom. The molecule has 0 bridgehead atoms.